The molecule has 1 aliphatic rings. The Balaban J connectivity index is 0.00000280. The average Bonchev–Trinajstić information content (AvgIpc) is 3.34. The highest BCUT2D eigenvalue weighted by atomic mass is 127. The molecule has 8 heteroatoms. The van der Waals surface area contributed by atoms with Gasteiger partial charge in [-0.1, -0.05) is 0 Å². The van der Waals surface area contributed by atoms with Gasteiger partial charge in [0.2, 0.25) is 0 Å². The zero-order valence-corrected chi connectivity index (χ0v) is 18.8. The lowest BCUT2D eigenvalue weighted by Gasteiger charge is -2.21. The molecule has 1 fully saturated rings. The normalized spacial score (nSPS) is 16.9. The number of nitrogens with one attached hydrogen (secondary N) is 1. The van der Waals surface area contributed by atoms with Gasteiger partial charge < -0.3 is 15.0 Å². The second-order valence-electron chi connectivity index (χ2n) is 6.71. The van der Waals surface area contributed by atoms with Gasteiger partial charge in [-0.15, -0.1) is 24.0 Å². The zero-order valence-electron chi connectivity index (χ0n) is 16.5. The predicted octanol–water partition coefficient (Wildman–Crippen LogP) is 3.11. The van der Waals surface area contributed by atoms with Gasteiger partial charge in [0.25, 0.3) is 0 Å². The minimum Gasteiger partial charge on any atom is -0.381 e. The molecule has 0 spiro atoms. The summed E-state index contributed by atoms with van der Waals surface area (Å²) in [6.07, 6.45) is 3.84. The number of halogens is 2. The van der Waals surface area contributed by atoms with Crippen LogP contribution in [0.4, 0.5) is 4.39 Å². The number of aromatic nitrogens is 2. The maximum Gasteiger partial charge on any atom is 0.193 e. The van der Waals surface area contributed by atoms with Crippen molar-refractivity contribution < 1.29 is 9.13 Å². The fraction of sp³-hybridized carbons (Fsp3) is 0.500. The third-order valence-corrected chi connectivity index (χ3v) is 4.75. The molecular formula is C20H29FIN5O. The summed E-state index contributed by atoms with van der Waals surface area (Å²) in [5, 5.41) is 7.99. The van der Waals surface area contributed by atoms with E-state index in [-0.39, 0.29) is 29.8 Å². The molecule has 0 saturated carbocycles. The lowest BCUT2D eigenvalue weighted by molar-refractivity contribution is 0.114. The summed E-state index contributed by atoms with van der Waals surface area (Å²) in [6.45, 7) is 6.39. The van der Waals surface area contributed by atoms with Gasteiger partial charge in [-0.05, 0) is 43.7 Å². The third kappa shape index (κ3) is 6.16. The molecule has 0 radical (unpaired) electrons. The van der Waals surface area contributed by atoms with E-state index in [9.17, 15) is 4.39 Å². The molecule has 1 saturated heterocycles. The van der Waals surface area contributed by atoms with E-state index in [1.165, 1.54) is 12.1 Å². The fourth-order valence-electron chi connectivity index (χ4n) is 3.31. The Kier molecular flexibility index (Phi) is 9.17. The number of hydrogen-bond donors (Lipinski definition) is 1. The van der Waals surface area contributed by atoms with Crippen molar-refractivity contribution in [2.75, 3.05) is 39.9 Å². The number of benzene rings is 1. The van der Waals surface area contributed by atoms with E-state index < -0.39 is 0 Å². The second kappa shape index (κ2) is 11.4. The van der Waals surface area contributed by atoms with Gasteiger partial charge in [0.15, 0.2) is 5.96 Å². The standard InChI is InChI=1S/C20H28FN5O.HI/c1-3-27-15-16-9-12-25(14-16)20(22-2)23-11-8-18-10-13-26(24-18)19-6-4-17(21)5-7-19;/h4-7,10,13,16H,3,8-9,11-12,14-15H2,1-2H3,(H,22,23);1H. The van der Waals surface area contributed by atoms with Crippen molar-refractivity contribution in [2.24, 2.45) is 10.9 Å². The van der Waals surface area contributed by atoms with Crippen LogP contribution < -0.4 is 5.32 Å². The van der Waals surface area contributed by atoms with E-state index in [2.05, 4.69) is 20.3 Å². The van der Waals surface area contributed by atoms with Crippen molar-refractivity contribution in [1.82, 2.24) is 20.0 Å². The molecule has 3 rings (SSSR count). The first kappa shape index (κ1) is 22.6. The van der Waals surface area contributed by atoms with Crippen LogP contribution in [-0.2, 0) is 11.2 Å². The Morgan fingerprint density at radius 1 is 1.32 bits per heavy atom. The highest BCUT2D eigenvalue weighted by Gasteiger charge is 2.24. The zero-order chi connectivity index (χ0) is 19.1. The van der Waals surface area contributed by atoms with Gasteiger partial charge in [0.05, 0.1) is 18.0 Å². The van der Waals surface area contributed by atoms with E-state index in [1.807, 2.05) is 26.2 Å². The number of aliphatic imine (C=N–C) groups is 1. The van der Waals surface area contributed by atoms with Crippen LogP contribution in [0.1, 0.15) is 19.0 Å². The molecule has 6 nitrogen and oxygen atoms in total. The molecule has 28 heavy (non-hydrogen) atoms. The molecule has 0 aliphatic carbocycles. The molecule has 0 bridgehead atoms. The molecule has 1 aliphatic heterocycles. The molecule has 1 atom stereocenters. The van der Waals surface area contributed by atoms with Gasteiger partial charge in [0, 0.05) is 51.8 Å². The minimum atomic E-state index is -0.243. The van der Waals surface area contributed by atoms with Crippen molar-refractivity contribution in [3.8, 4) is 5.69 Å². The fourth-order valence-corrected chi connectivity index (χ4v) is 3.31. The van der Waals surface area contributed by atoms with Crippen molar-refractivity contribution in [2.45, 2.75) is 19.8 Å². The van der Waals surface area contributed by atoms with Crippen LogP contribution in [0.5, 0.6) is 0 Å². The SMILES string of the molecule is CCOCC1CCN(C(=NC)NCCc2ccn(-c3ccc(F)cc3)n2)C1.I. The summed E-state index contributed by atoms with van der Waals surface area (Å²) in [5.41, 5.74) is 1.83. The van der Waals surface area contributed by atoms with Crippen molar-refractivity contribution in [3.63, 3.8) is 0 Å². The van der Waals surface area contributed by atoms with E-state index in [1.54, 1.807) is 16.8 Å². The van der Waals surface area contributed by atoms with Crippen LogP contribution >= 0.6 is 24.0 Å². The first-order valence-electron chi connectivity index (χ1n) is 9.53. The number of nitrogens with zero attached hydrogens (tertiary/aromatic N) is 4. The summed E-state index contributed by atoms with van der Waals surface area (Å²) in [5.74, 6) is 1.27. The topological polar surface area (TPSA) is 54.7 Å². The van der Waals surface area contributed by atoms with E-state index in [0.717, 1.165) is 63.0 Å². The predicted molar refractivity (Wildman–Crippen MR) is 120 cm³/mol. The molecule has 1 aromatic heterocycles. The Labute approximate surface area is 183 Å². The van der Waals surface area contributed by atoms with Crippen LogP contribution in [0, 0.1) is 11.7 Å². The van der Waals surface area contributed by atoms with Crippen molar-refractivity contribution >= 4 is 29.9 Å². The molecular weight excluding hydrogens is 472 g/mol. The summed E-state index contributed by atoms with van der Waals surface area (Å²) in [7, 11) is 1.82. The first-order chi connectivity index (χ1) is 13.2. The largest absolute Gasteiger partial charge is 0.381 e. The monoisotopic (exact) mass is 501 g/mol. The lowest BCUT2D eigenvalue weighted by Crippen LogP contribution is -2.41. The molecule has 1 N–H and O–H groups in total. The molecule has 154 valence electrons. The van der Waals surface area contributed by atoms with Crippen LogP contribution in [0.3, 0.4) is 0 Å². The average molecular weight is 501 g/mol. The maximum atomic E-state index is 13.0. The summed E-state index contributed by atoms with van der Waals surface area (Å²) in [4.78, 5) is 6.70. The number of guanidine groups is 1. The minimum absolute atomic E-state index is 0. The van der Waals surface area contributed by atoms with E-state index in [0.29, 0.717) is 5.92 Å². The summed E-state index contributed by atoms with van der Waals surface area (Å²) in [6, 6.07) is 8.31. The van der Waals surface area contributed by atoms with Gasteiger partial charge in [-0.25, -0.2) is 9.07 Å². The summed E-state index contributed by atoms with van der Waals surface area (Å²) < 4.78 is 20.3. The van der Waals surface area contributed by atoms with Gasteiger partial charge >= 0.3 is 0 Å². The highest BCUT2D eigenvalue weighted by molar-refractivity contribution is 14.0. The van der Waals surface area contributed by atoms with Crippen LogP contribution in [0.25, 0.3) is 5.69 Å². The van der Waals surface area contributed by atoms with Gasteiger partial charge in [-0.2, -0.15) is 5.10 Å². The second-order valence-corrected chi connectivity index (χ2v) is 6.71. The Hall–Kier alpha value is -1.68. The molecule has 1 unspecified atom stereocenters. The van der Waals surface area contributed by atoms with Gasteiger partial charge in [-0.3, -0.25) is 4.99 Å². The van der Waals surface area contributed by atoms with E-state index in [4.69, 9.17) is 4.74 Å². The first-order valence-corrected chi connectivity index (χ1v) is 9.53. The lowest BCUT2D eigenvalue weighted by atomic mass is 10.1. The number of ether oxygens (including phenoxy) is 1. The Morgan fingerprint density at radius 3 is 2.82 bits per heavy atom. The van der Waals surface area contributed by atoms with Crippen LogP contribution in [0.2, 0.25) is 0 Å². The number of likely N-dealkylation sites (tertiary alicyclic amines) is 1. The van der Waals surface area contributed by atoms with E-state index >= 15 is 0 Å². The molecule has 1 aromatic carbocycles. The Bertz CT molecular complexity index is 749. The maximum absolute atomic E-state index is 13.0. The highest BCUT2D eigenvalue weighted by Crippen LogP contribution is 2.16. The van der Waals surface area contributed by atoms with Crippen LogP contribution in [0.15, 0.2) is 41.5 Å². The smallest absolute Gasteiger partial charge is 0.193 e. The third-order valence-electron chi connectivity index (χ3n) is 4.75. The summed E-state index contributed by atoms with van der Waals surface area (Å²) >= 11 is 0. The number of hydrogen-bond acceptors (Lipinski definition) is 3. The van der Waals surface area contributed by atoms with Gasteiger partial charge in [0.1, 0.15) is 5.82 Å². The van der Waals surface area contributed by atoms with Crippen molar-refractivity contribution in [3.05, 3.63) is 48.0 Å². The van der Waals surface area contributed by atoms with Crippen molar-refractivity contribution in [1.29, 1.82) is 0 Å². The molecule has 2 aromatic rings. The Morgan fingerprint density at radius 2 is 2.11 bits per heavy atom. The quantitative estimate of drug-likeness (QED) is 0.360. The van der Waals surface area contributed by atoms with Crippen LogP contribution in [-0.4, -0.2) is 60.5 Å². The molecule has 2 heterocycles. The number of rotatable bonds is 7. The molecule has 0 amide bonds.